The van der Waals surface area contributed by atoms with Gasteiger partial charge in [0.1, 0.15) is 12.0 Å². The molecule has 1 aromatic heterocycles. The molecule has 1 aliphatic rings. The van der Waals surface area contributed by atoms with Gasteiger partial charge < -0.3 is 14.6 Å². The SMILES string of the molecule is Cn1cc2c(c(I)c1=O)CC(Nc1ccc(Br)cc1F)N(OCCOC(C)(C)C)C2=O. The van der Waals surface area contributed by atoms with Crippen molar-refractivity contribution in [1.29, 1.82) is 0 Å². The fraction of sp³-hybridized carbons (Fsp3) is 0.429. The summed E-state index contributed by atoms with van der Waals surface area (Å²) in [7, 11) is 1.60. The third kappa shape index (κ3) is 5.65. The van der Waals surface area contributed by atoms with Gasteiger partial charge in [0.05, 0.1) is 33.6 Å². The zero-order chi connectivity index (χ0) is 22.9. The second-order valence-electron chi connectivity index (χ2n) is 8.16. The van der Waals surface area contributed by atoms with E-state index in [4.69, 9.17) is 9.57 Å². The Bertz CT molecular complexity index is 1050. The maximum absolute atomic E-state index is 14.4. The molecule has 0 saturated heterocycles. The van der Waals surface area contributed by atoms with E-state index in [1.165, 1.54) is 21.9 Å². The highest BCUT2D eigenvalue weighted by Gasteiger charge is 2.36. The van der Waals surface area contributed by atoms with E-state index in [9.17, 15) is 14.0 Å². The lowest BCUT2D eigenvalue weighted by molar-refractivity contribution is -0.164. The van der Waals surface area contributed by atoms with Gasteiger partial charge in [-0.1, -0.05) is 15.9 Å². The van der Waals surface area contributed by atoms with Crippen molar-refractivity contribution in [2.75, 3.05) is 18.5 Å². The maximum Gasteiger partial charge on any atom is 0.281 e. The van der Waals surface area contributed by atoms with Crippen LogP contribution in [0.3, 0.4) is 0 Å². The lowest BCUT2D eigenvalue weighted by Crippen LogP contribution is -2.51. The van der Waals surface area contributed by atoms with Crippen molar-refractivity contribution in [3.8, 4) is 0 Å². The Labute approximate surface area is 202 Å². The minimum Gasteiger partial charge on any atom is -0.373 e. The summed E-state index contributed by atoms with van der Waals surface area (Å²) in [6.45, 7) is 6.21. The summed E-state index contributed by atoms with van der Waals surface area (Å²) in [5.74, 6) is -0.872. The first-order valence-corrected chi connectivity index (χ1v) is 11.5. The molecule has 1 aromatic carbocycles. The van der Waals surface area contributed by atoms with Gasteiger partial charge in [-0.3, -0.25) is 14.4 Å². The van der Waals surface area contributed by atoms with E-state index < -0.39 is 17.9 Å². The summed E-state index contributed by atoms with van der Waals surface area (Å²) >= 11 is 5.19. The molecule has 0 spiro atoms. The number of nitrogens with one attached hydrogen (secondary N) is 1. The second kappa shape index (κ2) is 9.55. The summed E-state index contributed by atoms with van der Waals surface area (Å²) in [5.41, 5.74) is 0.706. The predicted molar refractivity (Wildman–Crippen MR) is 127 cm³/mol. The van der Waals surface area contributed by atoms with Gasteiger partial charge in [0.2, 0.25) is 0 Å². The van der Waals surface area contributed by atoms with Crippen molar-refractivity contribution in [3.05, 3.63) is 59.7 Å². The Morgan fingerprint density at radius 2 is 2.00 bits per heavy atom. The molecule has 0 saturated carbocycles. The molecule has 1 amide bonds. The Balaban J connectivity index is 1.91. The molecule has 0 fully saturated rings. The van der Waals surface area contributed by atoms with Crippen LogP contribution in [0.25, 0.3) is 0 Å². The Kier molecular flexibility index (Phi) is 7.44. The van der Waals surface area contributed by atoms with Crippen molar-refractivity contribution in [3.63, 3.8) is 0 Å². The van der Waals surface area contributed by atoms with Gasteiger partial charge in [-0.25, -0.2) is 4.39 Å². The summed E-state index contributed by atoms with van der Waals surface area (Å²) < 4.78 is 22.6. The van der Waals surface area contributed by atoms with Gasteiger partial charge >= 0.3 is 0 Å². The van der Waals surface area contributed by atoms with E-state index in [-0.39, 0.29) is 36.5 Å². The molecule has 0 bridgehead atoms. The summed E-state index contributed by atoms with van der Waals surface area (Å²) in [5, 5.41) is 4.25. The molecule has 7 nitrogen and oxygen atoms in total. The Morgan fingerprint density at radius 1 is 1.29 bits per heavy atom. The molecule has 31 heavy (non-hydrogen) atoms. The number of benzene rings is 1. The summed E-state index contributed by atoms with van der Waals surface area (Å²) in [4.78, 5) is 31.4. The number of anilines is 1. The predicted octanol–water partition coefficient (Wildman–Crippen LogP) is 4.07. The van der Waals surface area contributed by atoms with Crippen molar-refractivity contribution >= 4 is 50.1 Å². The Hall–Kier alpha value is -1.50. The van der Waals surface area contributed by atoms with Crippen LogP contribution in [0.4, 0.5) is 10.1 Å². The molecule has 168 valence electrons. The zero-order valence-corrected chi connectivity index (χ0v) is 21.4. The van der Waals surface area contributed by atoms with Crippen LogP contribution in [0.15, 0.2) is 33.7 Å². The number of fused-ring (bicyclic) bond motifs is 1. The van der Waals surface area contributed by atoms with Gasteiger partial charge in [-0.15, -0.1) is 0 Å². The largest absolute Gasteiger partial charge is 0.373 e. The molecule has 2 aromatic rings. The number of carbonyl (C=O) groups is 1. The number of nitrogens with zero attached hydrogens (tertiary/aromatic N) is 2. The number of aromatic nitrogens is 1. The van der Waals surface area contributed by atoms with Crippen LogP contribution in [0.2, 0.25) is 0 Å². The fourth-order valence-electron chi connectivity index (χ4n) is 3.18. The highest BCUT2D eigenvalue weighted by Crippen LogP contribution is 2.28. The zero-order valence-electron chi connectivity index (χ0n) is 17.7. The highest BCUT2D eigenvalue weighted by molar-refractivity contribution is 14.1. The fourth-order valence-corrected chi connectivity index (χ4v) is 4.40. The van der Waals surface area contributed by atoms with Crippen LogP contribution in [0.5, 0.6) is 0 Å². The van der Waals surface area contributed by atoms with Crippen LogP contribution in [0.1, 0.15) is 36.7 Å². The van der Waals surface area contributed by atoms with E-state index >= 15 is 0 Å². The number of amides is 1. The minimum atomic E-state index is -0.703. The van der Waals surface area contributed by atoms with E-state index in [0.717, 1.165) is 0 Å². The maximum atomic E-state index is 14.4. The van der Waals surface area contributed by atoms with Crippen LogP contribution < -0.4 is 10.9 Å². The van der Waals surface area contributed by atoms with E-state index in [1.807, 2.05) is 43.4 Å². The van der Waals surface area contributed by atoms with Gasteiger partial charge in [-0.05, 0) is 67.1 Å². The normalized spacial score (nSPS) is 16.4. The molecule has 0 aliphatic carbocycles. The van der Waals surface area contributed by atoms with E-state index in [1.54, 1.807) is 19.2 Å². The standard InChI is InChI=1S/C21H24BrFIN3O4/c1-21(2,3)30-7-8-31-27-17(25-16-6-5-12(22)9-15(16)23)10-13-14(19(27)28)11-26(4)20(29)18(13)24/h5-6,9,11,17,25H,7-8,10H2,1-4H3. The first kappa shape index (κ1) is 24.1. The van der Waals surface area contributed by atoms with Gasteiger partial charge in [0, 0.05) is 24.1 Å². The number of halogens is 3. The Morgan fingerprint density at radius 3 is 2.65 bits per heavy atom. The number of hydrogen-bond donors (Lipinski definition) is 1. The molecule has 3 rings (SSSR count). The lowest BCUT2D eigenvalue weighted by Gasteiger charge is -2.36. The molecule has 0 radical (unpaired) electrons. The third-order valence-corrected chi connectivity index (χ3v) is 6.24. The van der Waals surface area contributed by atoms with Gasteiger partial charge in [0.25, 0.3) is 11.5 Å². The quantitative estimate of drug-likeness (QED) is 0.396. The molecule has 1 atom stereocenters. The number of carbonyl (C=O) groups excluding carboxylic acids is 1. The van der Waals surface area contributed by atoms with Crippen molar-refractivity contribution in [2.45, 2.75) is 39.0 Å². The number of aryl methyl sites for hydroxylation is 1. The molecular weight excluding hydrogens is 584 g/mol. The number of ether oxygens (including phenoxy) is 1. The number of pyridine rings is 1. The van der Waals surface area contributed by atoms with E-state index in [0.29, 0.717) is 19.2 Å². The number of hydroxylamine groups is 2. The summed E-state index contributed by atoms with van der Waals surface area (Å²) in [6, 6.07) is 4.62. The highest BCUT2D eigenvalue weighted by atomic mass is 127. The van der Waals surface area contributed by atoms with Gasteiger partial charge in [0.15, 0.2) is 0 Å². The van der Waals surface area contributed by atoms with Gasteiger partial charge in [-0.2, -0.15) is 5.06 Å². The molecule has 10 heteroatoms. The minimum absolute atomic E-state index is 0.141. The van der Waals surface area contributed by atoms with Crippen LogP contribution >= 0.6 is 38.5 Å². The van der Waals surface area contributed by atoms with Crippen LogP contribution in [-0.2, 0) is 23.0 Å². The first-order valence-electron chi connectivity index (χ1n) is 9.68. The molecule has 1 N–H and O–H groups in total. The van der Waals surface area contributed by atoms with E-state index in [2.05, 4.69) is 21.2 Å². The molecule has 2 heterocycles. The van der Waals surface area contributed by atoms with Crippen LogP contribution in [0, 0.1) is 9.39 Å². The second-order valence-corrected chi connectivity index (χ2v) is 10.2. The molecular formula is C21H24BrFIN3O4. The lowest BCUT2D eigenvalue weighted by atomic mass is 10.00. The smallest absolute Gasteiger partial charge is 0.281 e. The molecule has 1 unspecified atom stereocenters. The number of hydrogen-bond acceptors (Lipinski definition) is 5. The number of rotatable bonds is 6. The van der Waals surface area contributed by atoms with Crippen molar-refractivity contribution < 1.29 is 18.8 Å². The third-order valence-electron chi connectivity index (χ3n) is 4.63. The first-order chi connectivity index (χ1) is 14.5. The molecule has 1 aliphatic heterocycles. The van der Waals surface area contributed by atoms with Crippen molar-refractivity contribution in [1.82, 2.24) is 9.63 Å². The topological polar surface area (TPSA) is 72.8 Å². The van der Waals surface area contributed by atoms with Crippen molar-refractivity contribution in [2.24, 2.45) is 7.05 Å². The monoisotopic (exact) mass is 607 g/mol. The average Bonchev–Trinajstić information content (AvgIpc) is 2.67. The van der Waals surface area contributed by atoms with Crippen LogP contribution in [-0.4, -0.2) is 40.5 Å². The summed E-state index contributed by atoms with van der Waals surface area (Å²) in [6.07, 6.45) is 1.09. The average molecular weight is 608 g/mol.